The number of hydrogen-bond donors (Lipinski definition) is 3. The molecule has 0 aliphatic heterocycles. The Hall–Kier alpha value is -2.05. The number of aromatic hydroxyl groups is 1. The smallest absolute Gasteiger partial charge is 0.315 e. The van der Waals surface area contributed by atoms with Gasteiger partial charge in [-0.05, 0) is 73.9 Å². The maximum atomic E-state index is 12.1. The summed E-state index contributed by atoms with van der Waals surface area (Å²) in [5.74, 6) is 0.266. The highest BCUT2D eigenvalue weighted by Crippen LogP contribution is 2.12. The molecule has 0 fully saturated rings. The van der Waals surface area contributed by atoms with E-state index in [1.165, 1.54) is 5.56 Å². The van der Waals surface area contributed by atoms with Crippen molar-refractivity contribution in [2.24, 2.45) is 0 Å². The Kier molecular flexibility index (Phi) is 7.28. The van der Waals surface area contributed by atoms with Gasteiger partial charge in [0.2, 0.25) is 0 Å². The van der Waals surface area contributed by atoms with E-state index in [-0.39, 0.29) is 23.9 Å². The van der Waals surface area contributed by atoms with E-state index in [2.05, 4.69) is 27.0 Å². The molecule has 5 nitrogen and oxygen atoms in total. The first-order chi connectivity index (χ1) is 11.9. The van der Waals surface area contributed by atoms with E-state index in [4.69, 9.17) is 0 Å². The highest BCUT2D eigenvalue weighted by molar-refractivity contribution is 7.07. The van der Waals surface area contributed by atoms with Gasteiger partial charge in [0.15, 0.2) is 0 Å². The van der Waals surface area contributed by atoms with E-state index in [1.807, 2.05) is 38.5 Å². The van der Waals surface area contributed by atoms with Crippen LogP contribution in [0.15, 0.2) is 41.1 Å². The van der Waals surface area contributed by atoms with E-state index in [0.717, 1.165) is 18.4 Å². The van der Waals surface area contributed by atoms with Crippen molar-refractivity contribution in [1.29, 1.82) is 0 Å². The van der Waals surface area contributed by atoms with Crippen molar-refractivity contribution in [1.82, 2.24) is 15.5 Å². The maximum Gasteiger partial charge on any atom is 0.315 e. The molecule has 25 heavy (non-hydrogen) atoms. The third kappa shape index (κ3) is 6.76. The molecule has 0 spiro atoms. The molecule has 0 aliphatic carbocycles. The Labute approximate surface area is 153 Å². The molecule has 136 valence electrons. The van der Waals surface area contributed by atoms with Crippen molar-refractivity contribution in [2.45, 2.75) is 31.8 Å². The van der Waals surface area contributed by atoms with E-state index >= 15 is 0 Å². The standard InChI is InChI=1S/C19H27N3O2S/c1-14(10-16-8-9-25-13-16)21-19(24)20-12-17(22(2)3)11-15-4-6-18(23)7-5-15/h4-9,13-14,17,23H,10-12H2,1-3H3,(H2,20,21,24)/t14-,17-/m0/s1. The van der Waals surface area contributed by atoms with Crippen molar-refractivity contribution in [3.05, 3.63) is 52.2 Å². The van der Waals surface area contributed by atoms with E-state index in [1.54, 1.807) is 23.5 Å². The number of phenols is 1. The van der Waals surface area contributed by atoms with Crippen molar-refractivity contribution in [2.75, 3.05) is 20.6 Å². The molecule has 2 rings (SSSR count). The van der Waals surface area contributed by atoms with Gasteiger partial charge in [-0.15, -0.1) is 0 Å². The number of nitrogens with one attached hydrogen (secondary N) is 2. The fourth-order valence-corrected chi connectivity index (χ4v) is 3.32. The minimum atomic E-state index is -0.139. The van der Waals surface area contributed by atoms with Gasteiger partial charge in [-0.3, -0.25) is 0 Å². The lowest BCUT2D eigenvalue weighted by atomic mass is 10.0. The molecule has 0 saturated heterocycles. The number of thiophene rings is 1. The molecule has 0 radical (unpaired) electrons. The fraction of sp³-hybridized carbons (Fsp3) is 0.421. The van der Waals surface area contributed by atoms with Gasteiger partial charge >= 0.3 is 6.03 Å². The van der Waals surface area contributed by atoms with Crippen LogP contribution in [-0.2, 0) is 12.8 Å². The highest BCUT2D eigenvalue weighted by atomic mass is 32.1. The maximum absolute atomic E-state index is 12.1. The SMILES string of the molecule is C[C@@H](Cc1ccsc1)NC(=O)NC[C@H](Cc1ccc(O)cc1)N(C)C. The first-order valence-electron chi connectivity index (χ1n) is 8.44. The van der Waals surface area contributed by atoms with Crippen molar-refractivity contribution >= 4 is 17.4 Å². The number of carbonyl (C=O) groups excluding carboxylic acids is 1. The van der Waals surface area contributed by atoms with Gasteiger partial charge in [-0.25, -0.2) is 4.79 Å². The van der Waals surface area contributed by atoms with Gasteiger partial charge in [0.1, 0.15) is 5.75 Å². The number of amides is 2. The molecular formula is C19H27N3O2S. The number of likely N-dealkylation sites (N-methyl/N-ethyl adjacent to an activating group) is 1. The molecule has 6 heteroatoms. The highest BCUT2D eigenvalue weighted by Gasteiger charge is 2.15. The van der Waals surface area contributed by atoms with Gasteiger partial charge < -0.3 is 20.6 Å². The summed E-state index contributed by atoms with van der Waals surface area (Å²) in [6.07, 6.45) is 1.64. The van der Waals surface area contributed by atoms with Crippen LogP contribution in [0.4, 0.5) is 4.79 Å². The Bertz CT molecular complexity index is 641. The largest absolute Gasteiger partial charge is 0.508 e. The summed E-state index contributed by atoms with van der Waals surface area (Å²) in [6, 6.07) is 9.42. The monoisotopic (exact) mass is 361 g/mol. The molecule has 1 aromatic heterocycles. The molecule has 0 bridgehead atoms. The molecule has 0 saturated carbocycles. The average Bonchev–Trinajstić information content (AvgIpc) is 3.05. The van der Waals surface area contributed by atoms with Crippen molar-refractivity contribution in [3.63, 3.8) is 0 Å². The van der Waals surface area contributed by atoms with Crippen LogP contribution in [0.2, 0.25) is 0 Å². The molecular weight excluding hydrogens is 334 g/mol. The molecule has 3 N–H and O–H groups in total. The first-order valence-corrected chi connectivity index (χ1v) is 9.38. The second-order valence-corrected chi connectivity index (χ2v) is 7.36. The van der Waals surface area contributed by atoms with E-state index in [0.29, 0.717) is 6.54 Å². The summed E-state index contributed by atoms with van der Waals surface area (Å²) in [5.41, 5.74) is 2.38. The number of hydrogen-bond acceptors (Lipinski definition) is 4. The Balaban J connectivity index is 1.79. The van der Waals surface area contributed by atoms with Crippen LogP contribution in [0.25, 0.3) is 0 Å². The van der Waals surface area contributed by atoms with E-state index < -0.39 is 0 Å². The predicted molar refractivity (Wildman–Crippen MR) is 103 cm³/mol. The van der Waals surface area contributed by atoms with Gasteiger partial charge in [-0.2, -0.15) is 11.3 Å². The lowest BCUT2D eigenvalue weighted by Crippen LogP contribution is -2.47. The molecule has 1 heterocycles. The number of rotatable bonds is 8. The number of phenolic OH excluding ortho intramolecular Hbond substituents is 1. The summed E-state index contributed by atoms with van der Waals surface area (Å²) >= 11 is 1.67. The summed E-state index contributed by atoms with van der Waals surface area (Å²) in [7, 11) is 4.01. The van der Waals surface area contributed by atoms with Gasteiger partial charge in [0.25, 0.3) is 0 Å². The number of carbonyl (C=O) groups is 1. The Morgan fingerprint density at radius 1 is 1.16 bits per heavy atom. The second-order valence-electron chi connectivity index (χ2n) is 6.58. The zero-order chi connectivity index (χ0) is 18.2. The van der Waals surface area contributed by atoms with Crippen molar-refractivity contribution in [3.8, 4) is 5.75 Å². The fourth-order valence-electron chi connectivity index (χ4n) is 2.64. The normalized spacial score (nSPS) is 13.4. The topological polar surface area (TPSA) is 64.6 Å². The van der Waals surface area contributed by atoms with Crippen LogP contribution in [0, 0.1) is 0 Å². The molecule has 2 atom stereocenters. The van der Waals surface area contributed by atoms with Crippen LogP contribution >= 0.6 is 11.3 Å². The van der Waals surface area contributed by atoms with Crippen LogP contribution < -0.4 is 10.6 Å². The summed E-state index contributed by atoms with van der Waals surface area (Å²) < 4.78 is 0. The number of urea groups is 1. The summed E-state index contributed by atoms with van der Waals surface area (Å²) in [6.45, 7) is 2.57. The molecule has 2 amide bonds. The molecule has 0 unspecified atom stereocenters. The third-order valence-corrected chi connectivity index (χ3v) is 4.87. The van der Waals surface area contributed by atoms with Crippen LogP contribution in [0.3, 0.4) is 0 Å². The first kappa shape index (κ1) is 19.3. The predicted octanol–water partition coefficient (Wildman–Crippen LogP) is 2.86. The second kappa shape index (κ2) is 9.44. The summed E-state index contributed by atoms with van der Waals surface area (Å²) in [4.78, 5) is 14.2. The lowest BCUT2D eigenvalue weighted by Gasteiger charge is -2.25. The minimum absolute atomic E-state index is 0.0875. The molecule has 1 aromatic carbocycles. The Morgan fingerprint density at radius 3 is 2.48 bits per heavy atom. The molecule has 0 aliphatic rings. The minimum Gasteiger partial charge on any atom is -0.508 e. The van der Waals surface area contributed by atoms with Crippen molar-refractivity contribution < 1.29 is 9.90 Å². The van der Waals surface area contributed by atoms with Crippen LogP contribution in [-0.4, -0.2) is 48.8 Å². The lowest BCUT2D eigenvalue weighted by molar-refractivity contribution is 0.229. The summed E-state index contributed by atoms with van der Waals surface area (Å²) in [5, 5.41) is 19.5. The number of nitrogens with zero attached hydrogens (tertiary/aromatic N) is 1. The Morgan fingerprint density at radius 2 is 1.88 bits per heavy atom. The van der Waals surface area contributed by atoms with E-state index in [9.17, 15) is 9.90 Å². The molecule has 2 aromatic rings. The zero-order valence-electron chi connectivity index (χ0n) is 15.0. The third-order valence-electron chi connectivity index (χ3n) is 4.14. The van der Waals surface area contributed by atoms with Gasteiger partial charge in [0.05, 0.1) is 0 Å². The van der Waals surface area contributed by atoms with Crippen LogP contribution in [0.5, 0.6) is 5.75 Å². The quantitative estimate of drug-likeness (QED) is 0.677. The average molecular weight is 362 g/mol. The van der Waals surface area contributed by atoms with Gasteiger partial charge in [0, 0.05) is 18.6 Å². The van der Waals surface area contributed by atoms with Gasteiger partial charge in [-0.1, -0.05) is 12.1 Å². The zero-order valence-corrected chi connectivity index (χ0v) is 15.8. The number of benzene rings is 1. The van der Waals surface area contributed by atoms with Crippen LogP contribution in [0.1, 0.15) is 18.1 Å².